The molecule has 0 unspecified atom stereocenters. The van der Waals surface area contributed by atoms with Crippen molar-refractivity contribution in [3.8, 4) is 0 Å². The fourth-order valence-corrected chi connectivity index (χ4v) is 8.46. The van der Waals surface area contributed by atoms with Crippen LogP contribution in [-0.4, -0.2) is 27.1 Å². The molecule has 0 spiro atoms. The van der Waals surface area contributed by atoms with Gasteiger partial charge in [0.2, 0.25) is 0 Å². The van der Waals surface area contributed by atoms with E-state index in [2.05, 4.69) is 174 Å². The van der Waals surface area contributed by atoms with Gasteiger partial charge in [0.15, 0.2) is 0 Å². The molecule has 0 bridgehead atoms. The van der Waals surface area contributed by atoms with Crippen LogP contribution in [0.1, 0.15) is 27.7 Å². The van der Waals surface area contributed by atoms with Crippen LogP contribution in [-0.2, 0) is 9.31 Å². The van der Waals surface area contributed by atoms with Gasteiger partial charge in [0.05, 0.1) is 44.3 Å². The van der Waals surface area contributed by atoms with E-state index < -0.39 is 0 Å². The summed E-state index contributed by atoms with van der Waals surface area (Å²) in [5.74, 6) is 0. The monoisotopic (exact) mass is 706 g/mol. The number of aromatic nitrogens is 2. The van der Waals surface area contributed by atoms with Crippen molar-refractivity contribution in [3.05, 3.63) is 126 Å². The van der Waals surface area contributed by atoms with Crippen LogP contribution in [0.3, 0.4) is 0 Å². The second-order valence-corrected chi connectivity index (χ2v) is 15.1. The Kier molecular flexibility index (Phi) is 6.45. The van der Waals surface area contributed by atoms with Gasteiger partial charge in [-0.25, -0.2) is 0 Å². The van der Waals surface area contributed by atoms with E-state index in [-0.39, 0.29) is 23.0 Å². The zero-order valence-corrected chi connectivity index (χ0v) is 29.2. The van der Waals surface area contributed by atoms with Crippen LogP contribution >= 0.6 is 15.9 Å². The largest absolute Gasteiger partial charge is 0.494 e. The van der Waals surface area contributed by atoms with Crippen molar-refractivity contribution in [2.45, 2.75) is 38.9 Å². The van der Waals surface area contributed by atoms with Gasteiger partial charge in [0, 0.05) is 47.6 Å². The Labute approximate surface area is 291 Å². The summed E-state index contributed by atoms with van der Waals surface area (Å²) in [6, 6.07) is 43.5. The normalized spacial score (nSPS) is 15.8. The first-order valence-electron chi connectivity index (χ1n) is 16.6. The number of halogens is 2. The lowest BCUT2D eigenvalue weighted by molar-refractivity contribution is 0.00578. The molecular formula is C42H33BBrFN2O2. The molecule has 10 aromatic rings. The van der Waals surface area contributed by atoms with Crippen LogP contribution < -0.4 is 5.46 Å². The maximum absolute atomic E-state index is 6.36. The quantitative estimate of drug-likeness (QED) is 0.159. The highest BCUT2D eigenvalue weighted by molar-refractivity contribution is 9.10. The van der Waals surface area contributed by atoms with Crippen molar-refractivity contribution in [1.29, 1.82) is 0 Å². The third-order valence-corrected chi connectivity index (χ3v) is 11.4. The summed E-state index contributed by atoms with van der Waals surface area (Å²) in [5.41, 5.74) is 8.06. The van der Waals surface area contributed by atoms with E-state index in [1.54, 1.807) is 0 Å². The van der Waals surface area contributed by atoms with E-state index in [1.165, 1.54) is 76.2 Å². The molecule has 1 aliphatic heterocycles. The minimum atomic E-state index is -0.361. The van der Waals surface area contributed by atoms with Crippen molar-refractivity contribution >= 4 is 105 Å². The molecule has 1 fully saturated rings. The molecule has 11 rings (SSSR count). The van der Waals surface area contributed by atoms with Crippen molar-refractivity contribution in [3.63, 3.8) is 0 Å². The molecule has 4 aromatic heterocycles. The molecule has 240 valence electrons. The first-order chi connectivity index (χ1) is 23.2. The van der Waals surface area contributed by atoms with Gasteiger partial charge in [-0.05, 0) is 69.6 Å². The standard InChI is InChI=1S/C24H22BNO2.C18H10BrN.FH/c1-23(2)24(3,4)28-25(27-23)15-13-18-16-9-5-7-11-20(16)26-21-12-8-6-10-17(21)19(14-15)22(18)26;19-11-9-14-12-5-1-3-7-16(12)20-17-8-4-2-6-13(17)15(10-11)18(14)20;/h5-14H,1-4H3;1-10H;1H. The molecule has 5 heterocycles. The van der Waals surface area contributed by atoms with Crippen molar-refractivity contribution < 1.29 is 14.0 Å². The fraction of sp³-hybridized carbons (Fsp3) is 0.143. The van der Waals surface area contributed by atoms with Crippen LogP contribution in [0.5, 0.6) is 0 Å². The second-order valence-electron chi connectivity index (χ2n) is 14.1. The molecule has 0 aliphatic carbocycles. The second kappa shape index (κ2) is 10.4. The minimum Gasteiger partial charge on any atom is -0.399 e. The van der Waals surface area contributed by atoms with Crippen LogP contribution in [0.25, 0.3) is 76.2 Å². The molecule has 0 atom stereocenters. The molecule has 1 aliphatic rings. The maximum Gasteiger partial charge on any atom is 0.494 e. The molecule has 0 radical (unpaired) electrons. The Hall–Kier alpha value is -4.69. The van der Waals surface area contributed by atoms with Gasteiger partial charge in [-0.3, -0.25) is 4.70 Å². The predicted octanol–water partition coefficient (Wildman–Crippen LogP) is 10.9. The van der Waals surface area contributed by atoms with Gasteiger partial charge >= 0.3 is 7.12 Å². The van der Waals surface area contributed by atoms with Crippen molar-refractivity contribution in [2.75, 3.05) is 0 Å². The van der Waals surface area contributed by atoms with E-state index in [1.807, 2.05) is 0 Å². The summed E-state index contributed by atoms with van der Waals surface area (Å²) in [5, 5.41) is 10.3. The Morgan fingerprint density at radius 1 is 0.469 bits per heavy atom. The SMILES string of the molecule is Brc1cc2c3ccccc3n3c4ccccc4c(c1)c23.CC1(C)OB(c2cc3c4ccccc4n4c5ccccc5c(c2)c34)OC1(C)C.F. The van der Waals surface area contributed by atoms with Gasteiger partial charge in [-0.1, -0.05) is 101 Å². The fourth-order valence-electron chi connectivity index (χ4n) is 8.00. The van der Waals surface area contributed by atoms with E-state index in [0.717, 1.165) is 9.94 Å². The average Bonchev–Trinajstić information content (AvgIpc) is 3.85. The third kappa shape index (κ3) is 4.10. The summed E-state index contributed by atoms with van der Waals surface area (Å²) < 4.78 is 18.6. The highest BCUT2D eigenvalue weighted by Gasteiger charge is 2.51. The average molecular weight is 707 g/mol. The van der Waals surface area contributed by atoms with Crippen LogP contribution in [0, 0.1) is 0 Å². The summed E-state index contributed by atoms with van der Waals surface area (Å²) in [7, 11) is -0.361. The first-order valence-corrected chi connectivity index (χ1v) is 17.4. The van der Waals surface area contributed by atoms with Gasteiger partial charge in [0.1, 0.15) is 0 Å². The zero-order valence-electron chi connectivity index (χ0n) is 27.6. The number of rotatable bonds is 1. The lowest BCUT2D eigenvalue weighted by Crippen LogP contribution is -2.41. The highest BCUT2D eigenvalue weighted by Crippen LogP contribution is 2.42. The zero-order chi connectivity index (χ0) is 32.5. The highest BCUT2D eigenvalue weighted by atomic mass is 79.9. The number of fused-ring (bicyclic) bond motifs is 12. The Morgan fingerprint density at radius 2 is 0.776 bits per heavy atom. The lowest BCUT2D eigenvalue weighted by atomic mass is 9.77. The molecule has 4 nitrogen and oxygen atoms in total. The van der Waals surface area contributed by atoms with E-state index in [9.17, 15) is 0 Å². The minimum absolute atomic E-state index is 0. The van der Waals surface area contributed by atoms with Crippen LogP contribution in [0.15, 0.2) is 126 Å². The first kappa shape index (κ1) is 30.4. The van der Waals surface area contributed by atoms with Gasteiger partial charge in [-0.2, -0.15) is 0 Å². The molecule has 0 N–H and O–H groups in total. The molecular weight excluding hydrogens is 674 g/mol. The summed E-state index contributed by atoms with van der Waals surface area (Å²) in [6.45, 7) is 8.41. The van der Waals surface area contributed by atoms with Gasteiger partial charge in [0.25, 0.3) is 0 Å². The van der Waals surface area contributed by atoms with E-state index in [0.29, 0.717) is 0 Å². The van der Waals surface area contributed by atoms with Crippen molar-refractivity contribution in [2.24, 2.45) is 0 Å². The molecule has 49 heavy (non-hydrogen) atoms. The lowest BCUT2D eigenvalue weighted by Gasteiger charge is -2.32. The smallest absolute Gasteiger partial charge is 0.399 e. The molecule has 7 heteroatoms. The maximum atomic E-state index is 6.36. The number of para-hydroxylation sites is 4. The summed E-state index contributed by atoms with van der Waals surface area (Å²) in [6.07, 6.45) is 0. The number of hydrogen-bond donors (Lipinski definition) is 0. The van der Waals surface area contributed by atoms with Gasteiger partial charge in [-0.15, -0.1) is 0 Å². The van der Waals surface area contributed by atoms with E-state index >= 15 is 0 Å². The number of benzene rings is 6. The molecule has 0 amide bonds. The Balaban J connectivity index is 0.000000137. The number of hydrogen-bond acceptors (Lipinski definition) is 2. The van der Waals surface area contributed by atoms with Crippen LogP contribution in [0.4, 0.5) is 4.70 Å². The Morgan fingerprint density at radius 3 is 1.12 bits per heavy atom. The summed E-state index contributed by atoms with van der Waals surface area (Å²) in [4.78, 5) is 0. The van der Waals surface area contributed by atoms with E-state index in [4.69, 9.17) is 9.31 Å². The summed E-state index contributed by atoms with van der Waals surface area (Å²) >= 11 is 3.66. The topological polar surface area (TPSA) is 27.3 Å². The van der Waals surface area contributed by atoms with Crippen molar-refractivity contribution in [1.82, 2.24) is 8.80 Å². The molecule has 1 saturated heterocycles. The Bertz CT molecular complexity index is 2710. The number of nitrogens with zero attached hydrogens (tertiary/aromatic N) is 2. The van der Waals surface area contributed by atoms with Crippen LogP contribution in [0.2, 0.25) is 0 Å². The molecule has 0 saturated carbocycles. The predicted molar refractivity (Wildman–Crippen MR) is 208 cm³/mol. The molecule has 6 aromatic carbocycles. The third-order valence-electron chi connectivity index (χ3n) is 10.9. The van der Waals surface area contributed by atoms with Gasteiger partial charge < -0.3 is 18.1 Å².